The Hall–Kier alpha value is -0.890. The van der Waals surface area contributed by atoms with Crippen LogP contribution in [0.25, 0.3) is 0 Å². The first-order chi connectivity index (χ1) is 6.13. The number of hydrogen-bond acceptors (Lipinski definition) is 3. The van der Waals surface area contributed by atoms with Crippen molar-refractivity contribution in [1.82, 2.24) is 0 Å². The molecule has 0 aromatic heterocycles. The zero-order valence-electron chi connectivity index (χ0n) is 7.52. The Morgan fingerprint density at radius 3 is 2.69 bits per heavy atom. The van der Waals surface area contributed by atoms with Crippen molar-refractivity contribution in [2.75, 3.05) is 5.75 Å². The van der Waals surface area contributed by atoms with E-state index in [9.17, 15) is 9.00 Å². The quantitative estimate of drug-likeness (QED) is 0.650. The highest BCUT2D eigenvalue weighted by atomic mass is 32.2. The number of carboxylic acid groups (broad SMARTS) is 1. The lowest BCUT2D eigenvalue weighted by molar-refractivity contribution is -0.136. The highest BCUT2D eigenvalue weighted by Gasteiger charge is 2.21. The molecule has 0 aliphatic rings. The number of nitriles is 1. The van der Waals surface area contributed by atoms with Gasteiger partial charge in [-0.1, -0.05) is 6.92 Å². The van der Waals surface area contributed by atoms with Gasteiger partial charge in [-0.05, 0) is 12.8 Å². The molecule has 0 aliphatic heterocycles. The summed E-state index contributed by atoms with van der Waals surface area (Å²) in [5.74, 6) is -0.712. The number of carboxylic acids is 1. The van der Waals surface area contributed by atoms with Gasteiger partial charge >= 0.3 is 5.97 Å². The van der Waals surface area contributed by atoms with E-state index in [1.165, 1.54) is 0 Å². The zero-order chi connectivity index (χ0) is 10.3. The minimum absolute atomic E-state index is 0.304. The van der Waals surface area contributed by atoms with E-state index in [1.807, 2.05) is 6.07 Å². The van der Waals surface area contributed by atoms with Crippen molar-refractivity contribution in [2.24, 2.45) is 0 Å². The number of rotatable bonds is 6. The molecule has 0 saturated carbocycles. The van der Waals surface area contributed by atoms with Crippen LogP contribution < -0.4 is 0 Å². The van der Waals surface area contributed by atoms with Crippen molar-refractivity contribution < 1.29 is 14.1 Å². The van der Waals surface area contributed by atoms with Crippen LogP contribution in [0.4, 0.5) is 0 Å². The van der Waals surface area contributed by atoms with Gasteiger partial charge in [-0.15, -0.1) is 0 Å². The third-order valence-corrected chi connectivity index (χ3v) is 3.46. The van der Waals surface area contributed by atoms with E-state index in [0.29, 0.717) is 25.0 Å². The first-order valence-corrected chi connectivity index (χ1v) is 5.48. The number of nitrogens with zero attached hydrogens (tertiary/aromatic N) is 1. The molecule has 1 N–H and O–H groups in total. The first-order valence-electron chi connectivity index (χ1n) is 4.10. The number of unbranched alkanes of at least 4 members (excludes halogenated alkanes) is 1. The van der Waals surface area contributed by atoms with Crippen LogP contribution >= 0.6 is 0 Å². The van der Waals surface area contributed by atoms with Gasteiger partial charge in [-0.25, -0.2) is 0 Å². The molecule has 0 spiro atoms. The number of hydrogen-bond donors (Lipinski definition) is 1. The van der Waals surface area contributed by atoms with Crippen LogP contribution in [-0.4, -0.2) is 26.3 Å². The van der Waals surface area contributed by atoms with Crippen LogP contribution in [0.3, 0.4) is 0 Å². The molecule has 0 aliphatic carbocycles. The Morgan fingerprint density at radius 1 is 1.69 bits per heavy atom. The minimum Gasteiger partial charge on any atom is -0.480 e. The minimum atomic E-state index is -1.34. The summed E-state index contributed by atoms with van der Waals surface area (Å²) in [5.41, 5.74) is 0. The molecule has 4 nitrogen and oxygen atoms in total. The molecule has 0 bridgehead atoms. The Kier molecular flexibility index (Phi) is 6.15. The third kappa shape index (κ3) is 4.63. The standard InChI is InChI=1S/C8H13NO3S/c1-2-7(8(10)11)13(12)6-4-3-5-9/h7H,2-4,6H2,1H3,(H,10,11). The van der Waals surface area contributed by atoms with Crippen molar-refractivity contribution in [1.29, 1.82) is 5.26 Å². The fourth-order valence-corrected chi connectivity index (χ4v) is 2.22. The summed E-state index contributed by atoms with van der Waals surface area (Å²) >= 11 is 0. The lowest BCUT2D eigenvalue weighted by Gasteiger charge is -2.07. The zero-order valence-corrected chi connectivity index (χ0v) is 8.34. The van der Waals surface area contributed by atoms with E-state index in [1.54, 1.807) is 6.92 Å². The summed E-state index contributed by atoms with van der Waals surface area (Å²) in [7, 11) is -1.34. The van der Waals surface area contributed by atoms with Gasteiger partial charge in [-0.2, -0.15) is 5.26 Å². The molecule has 0 aromatic carbocycles. The van der Waals surface area contributed by atoms with Gasteiger partial charge < -0.3 is 5.11 Å². The molecule has 0 aromatic rings. The molecule has 0 fully saturated rings. The summed E-state index contributed by atoms with van der Waals surface area (Å²) in [5, 5.41) is 16.1. The predicted octanol–water partition coefficient (Wildman–Crippen LogP) is 0.902. The van der Waals surface area contributed by atoms with Crippen LogP contribution in [0.1, 0.15) is 26.2 Å². The molecule has 0 heterocycles. The maximum Gasteiger partial charge on any atom is 0.319 e. The smallest absolute Gasteiger partial charge is 0.319 e. The molecule has 74 valence electrons. The maximum atomic E-state index is 11.3. The van der Waals surface area contributed by atoms with Crippen molar-refractivity contribution in [3.05, 3.63) is 0 Å². The van der Waals surface area contributed by atoms with Gasteiger partial charge in [0.15, 0.2) is 0 Å². The Balaban J connectivity index is 3.94. The second kappa shape index (κ2) is 6.61. The summed E-state index contributed by atoms with van der Waals surface area (Å²) in [6.07, 6.45) is 1.21. The molecular formula is C8H13NO3S. The van der Waals surface area contributed by atoms with Crippen LogP contribution in [0.15, 0.2) is 0 Å². The Bertz CT molecular complexity index is 234. The average molecular weight is 203 g/mol. The fourth-order valence-electron chi connectivity index (χ4n) is 0.909. The summed E-state index contributed by atoms with van der Waals surface area (Å²) < 4.78 is 11.3. The number of carbonyl (C=O) groups is 1. The van der Waals surface area contributed by atoms with E-state index in [2.05, 4.69) is 0 Å². The molecule has 5 heteroatoms. The highest BCUT2D eigenvalue weighted by molar-refractivity contribution is 7.86. The van der Waals surface area contributed by atoms with Crippen LogP contribution in [0.5, 0.6) is 0 Å². The summed E-state index contributed by atoms with van der Waals surface area (Å²) in [6, 6.07) is 1.93. The van der Waals surface area contributed by atoms with E-state index in [4.69, 9.17) is 10.4 Å². The second-order valence-corrected chi connectivity index (χ2v) is 4.32. The first kappa shape index (κ1) is 12.1. The van der Waals surface area contributed by atoms with Crippen molar-refractivity contribution in [3.8, 4) is 6.07 Å². The second-order valence-electron chi connectivity index (χ2n) is 2.58. The summed E-state index contributed by atoms with van der Waals surface area (Å²) in [4.78, 5) is 10.5. The van der Waals surface area contributed by atoms with E-state index < -0.39 is 22.0 Å². The van der Waals surface area contributed by atoms with E-state index in [-0.39, 0.29) is 0 Å². The van der Waals surface area contributed by atoms with Crippen LogP contribution in [-0.2, 0) is 15.6 Å². The largest absolute Gasteiger partial charge is 0.480 e. The van der Waals surface area contributed by atoms with Gasteiger partial charge in [0.1, 0.15) is 5.25 Å². The molecule has 13 heavy (non-hydrogen) atoms. The lowest BCUT2D eigenvalue weighted by atomic mass is 10.3. The molecule has 0 saturated heterocycles. The van der Waals surface area contributed by atoms with Crippen LogP contribution in [0, 0.1) is 11.3 Å². The maximum absolute atomic E-state index is 11.3. The average Bonchev–Trinajstić information content (AvgIpc) is 2.05. The molecule has 0 radical (unpaired) electrons. The summed E-state index contributed by atoms with van der Waals surface area (Å²) in [6.45, 7) is 1.70. The predicted molar refractivity (Wildman–Crippen MR) is 49.6 cm³/mol. The molecule has 0 amide bonds. The Morgan fingerprint density at radius 2 is 2.31 bits per heavy atom. The van der Waals surface area contributed by atoms with E-state index >= 15 is 0 Å². The van der Waals surface area contributed by atoms with Crippen molar-refractivity contribution >= 4 is 16.8 Å². The van der Waals surface area contributed by atoms with Gasteiger partial charge in [0.25, 0.3) is 0 Å². The van der Waals surface area contributed by atoms with Gasteiger partial charge in [0.05, 0.1) is 6.07 Å². The lowest BCUT2D eigenvalue weighted by Crippen LogP contribution is -2.26. The Labute approximate surface area is 80.0 Å². The normalized spacial score (nSPS) is 14.5. The van der Waals surface area contributed by atoms with Crippen molar-refractivity contribution in [2.45, 2.75) is 31.4 Å². The fraction of sp³-hybridized carbons (Fsp3) is 0.750. The highest BCUT2D eigenvalue weighted by Crippen LogP contribution is 2.04. The molecule has 0 rings (SSSR count). The molecule has 2 atom stereocenters. The topological polar surface area (TPSA) is 78.2 Å². The van der Waals surface area contributed by atoms with E-state index in [0.717, 1.165) is 0 Å². The SMILES string of the molecule is CCC(C(=O)O)S(=O)CCCC#N. The monoisotopic (exact) mass is 203 g/mol. The molecule has 2 unspecified atom stereocenters. The third-order valence-electron chi connectivity index (χ3n) is 1.60. The number of aliphatic carboxylic acids is 1. The van der Waals surface area contributed by atoms with Gasteiger partial charge in [-0.3, -0.25) is 9.00 Å². The molecular weight excluding hydrogens is 190 g/mol. The van der Waals surface area contributed by atoms with Gasteiger partial charge in [0, 0.05) is 23.0 Å². The van der Waals surface area contributed by atoms with Gasteiger partial charge in [0.2, 0.25) is 0 Å². The van der Waals surface area contributed by atoms with Crippen LogP contribution in [0.2, 0.25) is 0 Å². The van der Waals surface area contributed by atoms with Crippen molar-refractivity contribution in [3.63, 3.8) is 0 Å².